The van der Waals surface area contributed by atoms with Gasteiger partial charge in [-0.25, -0.2) is 4.39 Å². The summed E-state index contributed by atoms with van der Waals surface area (Å²) in [6.07, 6.45) is -0.816. The maximum Gasteiger partial charge on any atom is 0.123 e. The SMILES string of the molecule is OC(COc1ccc(F)cc1)c1ccccc1Cl. The fourth-order valence-corrected chi connectivity index (χ4v) is 1.80. The van der Waals surface area contributed by atoms with Crippen LogP contribution < -0.4 is 4.74 Å². The van der Waals surface area contributed by atoms with Crippen LogP contribution in [-0.4, -0.2) is 11.7 Å². The van der Waals surface area contributed by atoms with Crippen molar-refractivity contribution in [2.75, 3.05) is 6.61 Å². The second-order valence-corrected chi connectivity index (χ2v) is 4.21. The highest BCUT2D eigenvalue weighted by Gasteiger charge is 2.11. The van der Waals surface area contributed by atoms with Crippen LogP contribution in [0.3, 0.4) is 0 Å². The van der Waals surface area contributed by atoms with Crippen molar-refractivity contribution in [3.05, 3.63) is 64.9 Å². The van der Waals surface area contributed by atoms with E-state index in [2.05, 4.69) is 0 Å². The Labute approximate surface area is 110 Å². The summed E-state index contributed by atoms with van der Waals surface area (Å²) in [6.45, 7) is 0.0648. The number of benzene rings is 2. The first-order chi connectivity index (χ1) is 8.66. The second-order valence-electron chi connectivity index (χ2n) is 3.80. The predicted molar refractivity (Wildman–Crippen MR) is 68.3 cm³/mol. The van der Waals surface area contributed by atoms with Crippen molar-refractivity contribution in [1.29, 1.82) is 0 Å². The van der Waals surface area contributed by atoms with Crippen LogP contribution in [0, 0.1) is 5.82 Å². The van der Waals surface area contributed by atoms with Gasteiger partial charge in [0.1, 0.15) is 24.3 Å². The highest BCUT2D eigenvalue weighted by Crippen LogP contribution is 2.23. The number of ether oxygens (including phenoxy) is 1. The van der Waals surface area contributed by atoms with Crippen molar-refractivity contribution in [3.63, 3.8) is 0 Å². The van der Waals surface area contributed by atoms with Gasteiger partial charge < -0.3 is 9.84 Å². The van der Waals surface area contributed by atoms with Crippen LogP contribution in [0.15, 0.2) is 48.5 Å². The molecule has 0 fully saturated rings. The highest BCUT2D eigenvalue weighted by atomic mass is 35.5. The van der Waals surface area contributed by atoms with E-state index in [-0.39, 0.29) is 12.4 Å². The molecule has 2 rings (SSSR count). The van der Waals surface area contributed by atoms with Gasteiger partial charge in [-0.1, -0.05) is 29.8 Å². The van der Waals surface area contributed by atoms with Crippen molar-refractivity contribution in [1.82, 2.24) is 0 Å². The first-order valence-electron chi connectivity index (χ1n) is 5.47. The van der Waals surface area contributed by atoms with Crippen LogP contribution in [0.4, 0.5) is 4.39 Å². The van der Waals surface area contributed by atoms with Crippen molar-refractivity contribution < 1.29 is 14.2 Å². The standard InChI is InChI=1S/C14H12ClFO2/c15-13-4-2-1-3-12(13)14(17)9-18-11-7-5-10(16)6-8-11/h1-8,14,17H,9H2. The molecule has 2 aromatic rings. The summed E-state index contributed by atoms with van der Waals surface area (Å²) in [5, 5.41) is 10.4. The summed E-state index contributed by atoms with van der Waals surface area (Å²) in [5.74, 6) is 0.177. The van der Waals surface area contributed by atoms with Crippen LogP contribution in [0.25, 0.3) is 0 Å². The van der Waals surface area contributed by atoms with E-state index in [9.17, 15) is 9.50 Å². The van der Waals surface area contributed by atoms with Gasteiger partial charge in [-0.15, -0.1) is 0 Å². The molecule has 94 valence electrons. The van der Waals surface area contributed by atoms with E-state index in [0.717, 1.165) is 0 Å². The first-order valence-corrected chi connectivity index (χ1v) is 5.85. The van der Waals surface area contributed by atoms with E-state index in [0.29, 0.717) is 16.3 Å². The Hall–Kier alpha value is -1.58. The Kier molecular flexibility index (Phi) is 4.18. The minimum Gasteiger partial charge on any atom is -0.491 e. The molecule has 1 atom stereocenters. The monoisotopic (exact) mass is 266 g/mol. The van der Waals surface area contributed by atoms with Crippen molar-refractivity contribution in [2.24, 2.45) is 0 Å². The number of hydrogen-bond acceptors (Lipinski definition) is 2. The summed E-state index contributed by atoms with van der Waals surface area (Å²) < 4.78 is 18.0. The molecule has 0 saturated heterocycles. The predicted octanol–water partition coefficient (Wildman–Crippen LogP) is 3.59. The Morgan fingerprint density at radius 2 is 1.78 bits per heavy atom. The largest absolute Gasteiger partial charge is 0.491 e. The third kappa shape index (κ3) is 3.22. The molecule has 18 heavy (non-hydrogen) atoms. The topological polar surface area (TPSA) is 29.5 Å². The molecule has 0 heterocycles. The molecule has 0 spiro atoms. The van der Waals surface area contributed by atoms with E-state index < -0.39 is 6.10 Å². The first kappa shape index (κ1) is 12.9. The number of aliphatic hydroxyl groups is 1. The third-order valence-corrected chi connectivity index (χ3v) is 2.83. The maximum absolute atomic E-state index is 12.7. The van der Waals surface area contributed by atoms with E-state index in [4.69, 9.17) is 16.3 Å². The molecule has 0 aliphatic carbocycles. The van der Waals surface area contributed by atoms with Gasteiger partial charge in [0, 0.05) is 10.6 Å². The fourth-order valence-electron chi connectivity index (χ4n) is 1.54. The van der Waals surface area contributed by atoms with E-state index >= 15 is 0 Å². The van der Waals surface area contributed by atoms with E-state index in [1.807, 2.05) is 0 Å². The molecule has 2 aromatic carbocycles. The Balaban J connectivity index is 1.98. The number of hydrogen-bond donors (Lipinski definition) is 1. The fraction of sp³-hybridized carbons (Fsp3) is 0.143. The molecule has 2 nitrogen and oxygen atoms in total. The van der Waals surface area contributed by atoms with Crippen molar-refractivity contribution in [2.45, 2.75) is 6.10 Å². The number of halogens is 2. The van der Waals surface area contributed by atoms with Gasteiger partial charge in [0.2, 0.25) is 0 Å². The Morgan fingerprint density at radius 3 is 2.44 bits per heavy atom. The van der Waals surface area contributed by atoms with Crippen LogP contribution in [-0.2, 0) is 0 Å². The molecule has 1 unspecified atom stereocenters. The Bertz CT molecular complexity index is 513. The molecule has 0 aromatic heterocycles. The summed E-state index contributed by atoms with van der Waals surface area (Å²) in [7, 11) is 0. The lowest BCUT2D eigenvalue weighted by atomic mass is 10.1. The molecular formula is C14H12ClFO2. The number of rotatable bonds is 4. The van der Waals surface area contributed by atoms with Crippen LogP contribution in [0.5, 0.6) is 5.75 Å². The molecule has 0 aliphatic rings. The zero-order chi connectivity index (χ0) is 13.0. The van der Waals surface area contributed by atoms with Gasteiger partial charge in [-0.3, -0.25) is 0 Å². The number of aliphatic hydroxyl groups excluding tert-OH is 1. The molecule has 0 aliphatic heterocycles. The van der Waals surface area contributed by atoms with E-state index in [1.165, 1.54) is 24.3 Å². The molecule has 1 N–H and O–H groups in total. The quantitative estimate of drug-likeness (QED) is 0.916. The molecule has 0 radical (unpaired) electrons. The minimum atomic E-state index is -0.816. The van der Waals surface area contributed by atoms with Crippen molar-refractivity contribution >= 4 is 11.6 Å². The van der Waals surface area contributed by atoms with Gasteiger partial charge >= 0.3 is 0 Å². The van der Waals surface area contributed by atoms with Crippen LogP contribution in [0.2, 0.25) is 5.02 Å². The van der Waals surface area contributed by atoms with E-state index in [1.54, 1.807) is 24.3 Å². The molecule has 0 amide bonds. The lowest BCUT2D eigenvalue weighted by Crippen LogP contribution is -2.10. The lowest BCUT2D eigenvalue weighted by molar-refractivity contribution is 0.108. The van der Waals surface area contributed by atoms with Gasteiger partial charge in [-0.2, -0.15) is 0 Å². The van der Waals surface area contributed by atoms with Crippen LogP contribution in [0.1, 0.15) is 11.7 Å². The third-order valence-electron chi connectivity index (χ3n) is 2.49. The van der Waals surface area contributed by atoms with Gasteiger partial charge in [0.25, 0.3) is 0 Å². The minimum absolute atomic E-state index is 0.0648. The zero-order valence-electron chi connectivity index (χ0n) is 9.51. The average molecular weight is 267 g/mol. The lowest BCUT2D eigenvalue weighted by Gasteiger charge is -2.13. The molecule has 0 bridgehead atoms. The highest BCUT2D eigenvalue weighted by molar-refractivity contribution is 6.31. The smallest absolute Gasteiger partial charge is 0.123 e. The average Bonchev–Trinajstić information content (AvgIpc) is 2.38. The van der Waals surface area contributed by atoms with Gasteiger partial charge in [0.15, 0.2) is 0 Å². The Morgan fingerprint density at radius 1 is 1.11 bits per heavy atom. The molecule has 4 heteroatoms. The summed E-state index contributed by atoms with van der Waals surface area (Å²) in [5.41, 5.74) is 0.612. The van der Waals surface area contributed by atoms with Crippen LogP contribution >= 0.6 is 11.6 Å². The van der Waals surface area contributed by atoms with Gasteiger partial charge in [0.05, 0.1) is 0 Å². The summed E-state index contributed by atoms with van der Waals surface area (Å²) >= 11 is 5.96. The zero-order valence-corrected chi connectivity index (χ0v) is 10.3. The van der Waals surface area contributed by atoms with Gasteiger partial charge in [-0.05, 0) is 30.3 Å². The maximum atomic E-state index is 12.7. The second kappa shape index (κ2) is 5.85. The summed E-state index contributed by atoms with van der Waals surface area (Å²) in [4.78, 5) is 0. The summed E-state index contributed by atoms with van der Waals surface area (Å²) in [6, 6.07) is 12.7. The molecular weight excluding hydrogens is 255 g/mol. The van der Waals surface area contributed by atoms with Crippen molar-refractivity contribution in [3.8, 4) is 5.75 Å². The normalized spacial score (nSPS) is 12.2. The molecule has 0 saturated carbocycles.